The number of fused-ring (bicyclic) bond motifs is 1. The molecule has 1 amide bonds. The molecule has 6 nitrogen and oxygen atoms in total. The summed E-state index contributed by atoms with van der Waals surface area (Å²) in [7, 11) is 3.59. The second-order valence-electron chi connectivity index (χ2n) is 7.62. The van der Waals surface area contributed by atoms with Gasteiger partial charge in [-0.1, -0.05) is 17.7 Å². The molecule has 0 saturated heterocycles. The van der Waals surface area contributed by atoms with E-state index in [4.69, 9.17) is 9.72 Å². The standard InChI is InChI=1S/C23H30N4O2/c1-14-7-9-20(29-6)18(13-14)11-12-24-21(28)10-8-19-15(2)22-17(4)26-27(5)23(22)25-16(19)3/h7,9,13H,8,10-12H2,1-6H3,(H,24,28). The van der Waals surface area contributed by atoms with Crippen LogP contribution in [0.15, 0.2) is 18.2 Å². The van der Waals surface area contributed by atoms with E-state index in [1.165, 1.54) is 11.1 Å². The number of pyridine rings is 1. The van der Waals surface area contributed by atoms with Crippen molar-refractivity contribution in [3.63, 3.8) is 0 Å². The fourth-order valence-corrected chi connectivity index (χ4v) is 4.00. The molecular weight excluding hydrogens is 364 g/mol. The van der Waals surface area contributed by atoms with Gasteiger partial charge >= 0.3 is 0 Å². The van der Waals surface area contributed by atoms with Gasteiger partial charge in [-0.15, -0.1) is 0 Å². The lowest BCUT2D eigenvalue weighted by Gasteiger charge is -2.12. The zero-order valence-electron chi connectivity index (χ0n) is 18.2. The second kappa shape index (κ2) is 8.64. The molecule has 29 heavy (non-hydrogen) atoms. The molecule has 0 atom stereocenters. The van der Waals surface area contributed by atoms with Crippen LogP contribution in [-0.2, 0) is 24.7 Å². The molecule has 0 bridgehead atoms. The van der Waals surface area contributed by atoms with Gasteiger partial charge in [0, 0.05) is 31.1 Å². The molecule has 0 radical (unpaired) electrons. The number of rotatable bonds is 7. The Balaban J connectivity index is 1.61. The van der Waals surface area contributed by atoms with Gasteiger partial charge in [0.15, 0.2) is 5.65 Å². The van der Waals surface area contributed by atoms with E-state index in [9.17, 15) is 4.79 Å². The lowest BCUT2D eigenvalue weighted by Crippen LogP contribution is -2.26. The minimum atomic E-state index is 0.0541. The first-order valence-electron chi connectivity index (χ1n) is 10.0. The fraction of sp³-hybridized carbons (Fsp3) is 0.435. The summed E-state index contributed by atoms with van der Waals surface area (Å²) in [6.45, 7) is 8.76. The summed E-state index contributed by atoms with van der Waals surface area (Å²) in [4.78, 5) is 17.1. The van der Waals surface area contributed by atoms with Gasteiger partial charge in [-0.25, -0.2) is 4.98 Å². The summed E-state index contributed by atoms with van der Waals surface area (Å²) < 4.78 is 7.23. The Morgan fingerprint density at radius 1 is 1.14 bits per heavy atom. The number of benzene rings is 1. The Morgan fingerprint density at radius 2 is 1.90 bits per heavy atom. The molecule has 0 aliphatic heterocycles. The molecule has 1 aromatic carbocycles. The van der Waals surface area contributed by atoms with Crippen LogP contribution in [0.1, 0.15) is 40.1 Å². The van der Waals surface area contributed by atoms with Crippen molar-refractivity contribution in [2.24, 2.45) is 7.05 Å². The number of nitrogens with zero attached hydrogens (tertiary/aromatic N) is 3. The van der Waals surface area contributed by atoms with E-state index in [-0.39, 0.29) is 5.91 Å². The zero-order chi connectivity index (χ0) is 21.1. The van der Waals surface area contributed by atoms with Crippen LogP contribution in [0.25, 0.3) is 11.0 Å². The first-order valence-corrected chi connectivity index (χ1v) is 10.0. The lowest BCUT2D eigenvalue weighted by molar-refractivity contribution is -0.121. The maximum atomic E-state index is 12.4. The highest BCUT2D eigenvalue weighted by atomic mass is 16.5. The number of amides is 1. The van der Waals surface area contributed by atoms with Crippen molar-refractivity contribution in [1.29, 1.82) is 0 Å². The summed E-state index contributed by atoms with van der Waals surface area (Å²) >= 11 is 0. The largest absolute Gasteiger partial charge is 0.496 e. The van der Waals surface area contributed by atoms with Gasteiger partial charge in [0.25, 0.3) is 0 Å². The van der Waals surface area contributed by atoms with Crippen LogP contribution in [0.4, 0.5) is 0 Å². The molecule has 0 unspecified atom stereocenters. The van der Waals surface area contributed by atoms with Crippen molar-refractivity contribution >= 4 is 16.9 Å². The zero-order valence-corrected chi connectivity index (χ0v) is 18.2. The molecule has 6 heteroatoms. The molecule has 2 heterocycles. The fourth-order valence-electron chi connectivity index (χ4n) is 4.00. The van der Waals surface area contributed by atoms with Gasteiger partial charge in [0.1, 0.15) is 5.75 Å². The predicted molar refractivity (Wildman–Crippen MR) is 115 cm³/mol. The van der Waals surface area contributed by atoms with E-state index < -0.39 is 0 Å². The number of aromatic nitrogens is 3. The predicted octanol–water partition coefficient (Wildman–Crippen LogP) is 3.50. The van der Waals surface area contributed by atoms with Crippen molar-refractivity contribution < 1.29 is 9.53 Å². The quantitative estimate of drug-likeness (QED) is 0.666. The number of hydrogen-bond donors (Lipinski definition) is 1. The van der Waals surface area contributed by atoms with Crippen molar-refractivity contribution in [2.45, 2.75) is 47.0 Å². The molecule has 2 aromatic heterocycles. The van der Waals surface area contributed by atoms with Gasteiger partial charge in [0.2, 0.25) is 5.91 Å². The first-order chi connectivity index (χ1) is 13.8. The Morgan fingerprint density at radius 3 is 2.62 bits per heavy atom. The minimum Gasteiger partial charge on any atom is -0.496 e. The summed E-state index contributed by atoms with van der Waals surface area (Å²) in [5, 5.41) is 8.61. The molecule has 0 aliphatic carbocycles. The topological polar surface area (TPSA) is 69.0 Å². The monoisotopic (exact) mass is 394 g/mol. The van der Waals surface area contributed by atoms with E-state index in [2.05, 4.69) is 30.3 Å². The maximum absolute atomic E-state index is 12.4. The SMILES string of the molecule is COc1ccc(C)cc1CCNC(=O)CCc1c(C)nc2c(c(C)nn2C)c1C. The summed E-state index contributed by atoms with van der Waals surface area (Å²) in [5.41, 5.74) is 7.46. The normalized spacial score (nSPS) is 11.1. The van der Waals surface area contributed by atoms with Crippen molar-refractivity contribution in [1.82, 2.24) is 20.1 Å². The second-order valence-corrected chi connectivity index (χ2v) is 7.62. The third-order valence-electron chi connectivity index (χ3n) is 5.48. The highest BCUT2D eigenvalue weighted by Gasteiger charge is 2.16. The number of carbonyl (C=O) groups excluding carboxylic acids is 1. The van der Waals surface area contributed by atoms with Gasteiger partial charge in [0.05, 0.1) is 12.8 Å². The smallest absolute Gasteiger partial charge is 0.220 e. The van der Waals surface area contributed by atoms with E-state index in [0.717, 1.165) is 45.7 Å². The average Bonchev–Trinajstić information content (AvgIpc) is 2.95. The van der Waals surface area contributed by atoms with Gasteiger partial charge < -0.3 is 10.1 Å². The van der Waals surface area contributed by atoms with Crippen LogP contribution in [0.3, 0.4) is 0 Å². The molecule has 1 N–H and O–H groups in total. The summed E-state index contributed by atoms with van der Waals surface area (Å²) in [6, 6.07) is 6.11. The van der Waals surface area contributed by atoms with Crippen LogP contribution in [0.5, 0.6) is 5.75 Å². The molecule has 3 rings (SSSR count). The van der Waals surface area contributed by atoms with Crippen LogP contribution >= 0.6 is 0 Å². The Bertz CT molecular complexity index is 1050. The molecule has 0 spiro atoms. The van der Waals surface area contributed by atoms with Gasteiger partial charge in [-0.2, -0.15) is 5.10 Å². The lowest BCUT2D eigenvalue weighted by atomic mass is 9.99. The van der Waals surface area contributed by atoms with Crippen molar-refractivity contribution in [3.8, 4) is 5.75 Å². The van der Waals surface area contributed by atoms with Crippen molar-refractivity contribution in [2.75, 3.05) is 13.7 Å². The highest BCUT2D eigenvalue weighted by molar-refractivity contribution is 5.84. The third kappa shape index (κ3) is 4.42. The summed E-state index contributed by atoms with van der Waals surface area (Å²) in [6.07, 6.45) is 1.87. The van der Waals surface area contributed by atoms with Crippen LogP contribution in [0.2, 0.25) is 0 Å². The number of nitrogens with one attached hydrogen (secondary N) is 1. The van der Waals surface area contributed by atoms with E-state index in [1.54, 1.807) is 7.11 Å². The molecule has 0 aliphatic rings. The Hall–Kier alpha value is -2.89. The van der Waals surface area contributed by atoms with E-state index in [1.807, 2.05) is 37.7 Å². The first kappa shape index (κ1) is 20.8. The van der Waals surface area contributed by atoms with Gasteiger partial charge in [-0.05, 0) is 63.3 Å². The number of hydrogen-bond acceptors (Lipinski definition) is 4. The number of aryl methyl sites for hydroxylation is 5. The molecule has 154 valence electrons. The number of carbonyl (C=O) groups is 1. The average molecular weight is 395 g/mol. The van der Waals surface area contributed by atoms with E-state index >= 15 is 0 Å². The molecular formula is C23H30N4O2. The van der Waals surface area contributed by atoms with Crippen LogP contribution < -0.4 is 10.1 Å². The van der Waals surface area contributed by atoms with Crippen molar-refractivity contribution in [3.05, 3.63) is 51.8 Å². The third-order valence-corrected chi connectivity index (χ3v) is 5.48. The molecule has 3 aromatic rings. The van der Waals surface area contributed by atoms with E-state index in [0.29, 0.717) is 19.4 Å². The van der Waals surface area contributed by atoms with Crippen LogP contribution in [-0.4, -0.2) is 34.3 Å². The number of ether oxygens (including phenoxy) is 1. The Labute approximate surface area is 172 Å². The minimum absolute atomic E-state index is 0.0541. The summed E-state index contributed by atoms with van der Waals surface area (Å²) in [5.74, 6) is 0.917. The molecule has 0 fully saturated rings. The van der Waals surface area contributed by atoms with Crippen LogP contribution in [0, 0.1) is 27.7 Å². The maximum Gasteiger partial charge on any atom is 0.220 e. The number of methoxy groups -OCH3 is 1. The highest BCUT2D eigenvalue weighted by Crippen LogP contribution is 2.26. The Kier molecular flexibility index (Phi) is 6.20. The molecule has 0 saturated carbocycles. The van der Waals surface area contributed by atoms with Gasteiger partial charge in [-0.3, -0.25) is 9.48 Å².